The number of aryl methyl sites for hydroxylation is 3. The van der Waals surface area contributed by atoms with Gasteiger partial charge in [0.15, 0.2) is 0 Å². The van der Waals surface area contributed by atoms with Crippen molar-refractivity contribution in [1.29, 1.82) is 0 Å². The molecule has 0 saturated carbocycles. The Morgan fingerprint density at radius 1 is 0.411 bits per heavy atom. The molecule has 10 aromatic rings. The minimum Gasteiger partial charge on any atom is -0.310 e. The van der Waals surface area contributed by atoms with E-state index in [0.29, 0.717) is 0 Å². The van der Waals surface area contributed by atoms with E-state index < -0.39 is 0 Å². The molecule has 0 N–H and O–H groups in total. The summed E-state index contributed by atoms with van der Waals surface area (Å²) in [5.74, 6) is 0.917. The minimum atomic E-state index is 0.917. The van der Waals surface area contributed by atoms with Crippen molar-refractivity contribution in [2.45, 2.75) is 20.8 Å². The average molecular weight is 721 g/mol. The molecule has 56 heavy (non-hydrogen) atoms. The number of anilines is 3. The predicted molar refractivity (Wildman–Crippen MR) is 235 cm³/mol. The van der Waals surface area contributed by atoms with Crippen LogP contribution in [0.1, 0.15) is 16.7 Å². The quantitative estimate of drug-likeness (QED) is 0.164. The highest BCUT2D eigenvalue weighted by atomic mass is 15.1. The smallest absolute Gasteiger partial charge is 0.145 e. The molecule has 0 aliphatic heterocycles. The van der Waals surface area contributed by atoms with Crippen LogP contribution in [-0.2, 0) is 0 Å². The second kappa shape index (κ2) is 13.6. The van der Waals surface area contributed by atoms with Crippen LogP contribution in [0.3, 0.4) is 0 Å². The van der Waals surface area contributed by atoms with Gasteiger partial charge < -0.3 is 9.47 Å². The molecule has 0 fully saturated rings. The number of nitrogens with zero attached hydrogens (tertiary/aromatic N) is 4. The van der Waals surface area contributed by atoms with Crippen molar-refractivity contribution >= 4 is 49.9 Å². The molecular formula is C52H40N4. The lowest BCUT2D eigenvalue weighted by Crippen LogP contribution is -2.09. The largest absolute Gasteiger partial charge is 0.310 e. The summed E-state index contributed by atoms with van der Waals surface area (Å²) >= 11 is 0. The third-order valence-corrected chi connectivity index (χ3v) is 11.0. The number of fused-ring (bicyclic) bond motifs is 4. The Kier molecular flexibility index (Phi) is 8.11. The summed E-state index contributed by atoms with van der Waals surface area (Å²) in [6, 6.07) is 67.5. The first-order valence-corrected chi connectivity index (χ1v) is 19.2. The van der Waals surface area contributed by atoms with E-state index in [0.717, 1.165) is 50.9 Å². The van der Waals surface area contributed by atoms with Crippen LogP contribution >= 0.6 is 0 Å². The lowest BCUT2D eigenvalue weighted by atomic mass is 9.93. The monoisotopic (exact) mass is 720 g/mol. The first-order chi connectivity index (χ1) is 27.5. The number of para-hydroxylation sites is 5. The number of rotatable bonds is 7. The zero-order valence-electron chi connectivity index (χ0n) is 31.7. The first-order valence-electron chi connectivity index (χ1n) is 19.2. The van der Waals surface area contributed by atoms with Gasteiger partial charge in [-0.2, -0.15) is 0 Å². The van der Waals surface area contributed by atoms with Gasteiger partial charge >= 0.3 is 0 Å². The van der Waals surface area contributed by atoms with Gasteiger partial charge in [-0.3, -0.25) is 4.57 Å². The molecule has 0 unspecified atom stereocenters. The predicted octanol–water partition coefficient (Wildman–Crippen LogP) is 13.9. The van der Waals surface area contributed by atoms with Gasteiger partial charge in [0.2, 0.25) is 0 Å². The third kappa shape index (κ3) is 5.66. The molecule has 0 radical (unpaired) electrons. The Labute approximate surface area is 327 Å². The van der Waals surface area contributed by atoms with Gasteiger partial charge in [0, 0.05) is 44.8 Å². The van der Waals surface area contributed by atoms with Gasteiger partial charge in [-0.15, -0.1) is 0 Å². The molecule has 8 aromatic carbocycles. The Hall–Kier alpha value is -7.17. The minimum absolute atomic E-state index is 0.917. The molecule has 0 saturated heterocycles. The van der Waals surface area contributed by atoms with Crippen molar-refractivity contribution < 1.29 is 0 Å². The van der Waals surface area contributed by atoms with Crippen molar-refractivity contribution in [1.82, 2.24) is 14.1 Å². The van der Waals surface area contributed by atoms with E-state index in [1.807, 2.05) is 0 Å². The fourth-order valence-electron chi connectivity index (χ4n) is 8.64. The van der Waals surface area contributed by atoms with Crippen molar-refractivity contribution in [2.75, 3.05) is 4.90 Å². The molecule has 2 aromatic heterocycles. The van der Waals surface area contributed by atoms with Crippen LogP contribution in [-0.4, -0.2) is 14.1 Å². The number of hydrogen-bond donors (Lipinski definition) is 0. The molecule has 0 amide bonds. The maximum Gasteiger partial charge on any atom is 0.145 e. The zero-order valence-corrected chi connectivity index (χ0v) is 31.7. The molecule has 4 heteroatoms. The van der Waals surface area contributed by atoms with Gasteiger partial charge in [0.1, 0.15) is 5.82 Å². The van der Waals surface area contributed by atoms with E-state index in [2.05, 4.69) is 223 Å². The van der Waals surface area contributed by atoms with Crippen LogP contribution in [0.2, 0.25) is 0 Å². The van der Waals surface area contributed by atoms with Crippen LogP contribution in [0.15, 0.2) is 188 Å². The summed E-state index contributed by atoms with van der Waals surface area (Å²) in [5.41, 5.74) is 17.4. The van der Waals surface area contributed by atoms with Gasteiger partial charge in [-0.25, -0.2) is 4.98 Å². The summed E-state index contributed by atoms with van der Waals surface area (Å²) in [7, 11) is 0. The summed E-state index contributed by atoms with van der Waals surface area (Å²) in [6.07, 6.45) is 0. The number of imidazole rings is 1. The lowest BCUT2D eigenvalue weighted by Gasteiger charge is -2.26. The summed E-state index contributed by atoms with van der Waals surface area (Å²) in [4.78, 5) is 7.49. The van der Waals surface area contributed by atoms with Crippen LogP contribution in [0, 0.1) is 20.8 Å². The molecule has 0 atom stereocenters. The Morgan fingerprint density at radius 2 is 0.929 bits per heavy atom. The Morgan fingerprint density at radius 3 is 1.61 bits per heavy atom. The summed E-state index contributed by atoms with van der Waals surface area (Å²) < 4.78 is 4.65. The molecule has 4 nitrogen and oxygen atoms in total. The second-order valence-electron chi connectivity index (χ2n) is 14.7. The number of aromatic nitrogens is 3. The van der Waals surface area contributed by atoms with E-state index in [1.165, 1.54) is 49.6 Å². The van der Waals surface area contributed by atoms with Crippen molar-refractivity contribution in [3.8, 4) is 33.9 Å². The normalized spacial score (nSPS) is 11.5. The second-order valence-corrected chi connectivity index (χ2v) is 14.7. The highest BCUT2D eigenvalue weighted by molar-refractivity contribution is 6.12. The summed E-state index contributed by atoms with van der Waals surface area (Å²) in [5, 5.41) is 2.44. The maximum absolute atomic E-state index is 5.13. The van der Waals surface area contributed by atoms with E-state index in [9.17, 15) is 0 Å². The molecular weight excluding hydrogens is 681 g/mol. The molecule has 10 rings (SSSR count). The molecule has 0 aliphatic carbocycles. The molecule has 0 bridgehead atoms. The number of hydrogen-bond acceptors (Lipinski definition) is 2. The van der Waals surface area contributed by atoms with Crippen LogP contribution in [0.4, 0.5) is 17.1 Å². The third-order valence-electron chi connectivity index (χ3n) is 11.0. The van der Waals surface area contributed by atoms with Crippen molar-refractivity contribution in [2.24, 2.45) is 0 Å². The van der Waals surface area contributed by atoms with Crippen molar-refractivity contribution in [3.63, 3.8) is 0 Å². The Balaban J connectivity index is 1.15. The topological polar surface area (TPSA) is 26.0 Å². The lowest BCUT2D eigenvalue weighted by molar-refractivity contribution is 1.10. The number of benzene rings is 8. The van der Waals surface area contributed by atoms with E-state index in [1.54, 1.807) is 0 Å². The fourth-order valence-corrected chi connectivity index (χ4v) is 8.64. The SMILES string of the molecule is Cc1cc(C)c(-c2ccc3c(c2)c2cc(N(c4ccccc4)c4ccc(-c5nc6ccccc6n5-c5ccccc5)cc4)ccc2n3-c2ccccc2)c(C)c1. The molecule has 2 heterocycles. The van der Waals surface area contributed by atoms with Gasteiger partial charge in [0.25, 0.3) is 0 Å². The highest BCUT2D eigenvalue weighted by Gasteiger charge is 2.20. The van der Waals surface area contributed by atoms with E-state index in [-0.39, 0.29) is 0 Å². The van der Waals surface area contributed by atoms with Crippen LogP contribution in [0.5, 0.6) is 0 Å². The van der Waals surface area contributed by atoms with Crippen LogP contribution in [0.25, 0.3) is 66.7 Å². The highest BCUT2D eigenvalue weighted by Crippen LogP contribution is 2.42. The molecule has 268 valence electrons. The van der Waals surface area contributed by atoms with Gasteiger partial charge in [0.05, 0.1) is 22.1 Å². The zero-order chi connectivity index (χ0) is 37.8. The fraction of sp³-hybridized carbons (Fsp3) is 0.0577. The van der Waals surface area contributed by atoms with Crippen LogP contribution < -0.4 is 4.90 Å². The summed E-state index contributed by atoms with van der Waals surface area (Å²) in [6.45, 7) is 6.63. The maximum atomic E-state index is 5.13. The van der Waals surface area contributed by atoms with E-state index in [4.69, 9.17) is 4.98 Å². The Bertz CT molecular complexity index is 3010. The standard InChI is InChI=1S/C52H40N4/c1-35-31-36(2)51(37(3)32-35)39-25-29-48-45(33-39)46-34-44(28-30-49(46)55(48)41-17-9-5-10-18-41)54(40-15-7-4-8-16-40)43-26-23-38(24-27-43)52-53-47-21-13-14-22-50(47)56(52)42-19-11-6-12-20-42/h4-34H,1-3H3. The van der Waals surface area contributed by atoms with E-state index >= 15 is 0 Å². The first kappa shape index (κ1) is 33.4. The molecule has 0 aliphatic rings. The van der Waals surface area contributed by atoms with Crippen molar-refractivity contribution in [3.05, 3.63) is 205 Å². The average Bonchev–Trinajstić information content (AvgIpc) is 3.78. The molecule has 0 spiro atoms. The van der Waals surface area contributed by atoms with Gasteiger partial charge in [-0.1, -0.05) is 90.5 Å². The van der Waals surface area contributed by atoms with Gasteiger partial charge in [-0.05, 0) is 146 Å².